The second kappa shape index (κ2) is 9.67. The average Bonchev–Trinajstić information content (AvgIpc) is 2.68. The van der Waals surface area contributed by atoms with Crippen LogP contribution in [0.25, 0.3) is 0 Å². The average molecular weight is 379 g/mol. The van der Waals surface area contributed by atoms with Crippen LogP contribution in [0, 0.1) is 6.92 Å². The Morgan fingerprint density at radius 2 is 1.31 bits per heavy atom. The Kier molecular flexibility index (Phi) is 7.01. The molecule has 0 aliphatic carbocycles. The molecular weight excluding hydrogens is 356 g/mol. The van der Waals surface area contributed by atoms with Crippen LogP contribution >= 0.6 is 23.5 Å². The molecule has 3 rings (SSSR count). The van der Waals surface area contributed by atoms with Crippen molar-refractivity contribution in [2.24, 2.45) is 0 Å². The summed E-state index contributed by atoms with van der Waals surface area (Å²) in [5, 5.41) is 10.6. The third-order valence-corrected chi connectivity index (χ3v) is 6.23. The smallest absolute Gasteiger partial charge is 0.0827 e. The lowest BCUT2D eigenvalue weighted by Gasteiger charge is -2.13. The number of thioether (sulfide) groups is 2. The van der Waals surface area contributed by atoms with Crippen molar-refractivity contribution in [1.82, 2.24) is 0 Å². The molecular formula is C23H22OS2. The fourth-order valence-corrected chi connectivity index (χ4v) is 4.76. The van der Waals surface area contributed by atoms with Crippen molar-refractivity contribution in [3.05, 3.63) is 106 Å². The number of hydrogen-bond acceptors (Lipinski definition) is 3. The Morgan fingerprint density at radius 3 is 1.85 bits per heavy atom. The Labute approximate surface area is 164 Å². The lowest BCUT2D eigenvalue weighted by molar-refractivity contribution is 0.181. The summed E-state index contributed by atoms with van der Waals surface area (Å²) in [7, 11) is 0. The molecule has 0 saturated heterocycles. The normalized spacial score (nSPS) is 11.8. The van der Waals surface area contributed by atoms with Crippen molar-refractivity contribution in [2.75, 3.05) is 0 Å². The molecule has 3 aromatic carbocycles. The van der Waals surface area contributed by atoms with Crippen LogP contribution in [0.2, 0.25) is 0 Å². The van der Waals surface area contributed by atoms with Gasteiger partial charge in [-0.25, -0.2) is 0 Å². The molecule has 0 aromatic heterocycles. The van der Waals surface area contributed by atoms with E-state index in [0.717, 1.165) is 11.1 Å². The highest BCUT2D eigenvalue weighted by molar-refractivity contribution is 8.22. The summed E-state index contributed by atoms with van der Waals surface area (Å²) < 4.78 is 1.18. The van der Waals surface area contributed by atoms with E-state index < -0.39 is 6.10 Å². The summed E-state index contributed by atoms with van der Waals surface area (Å²) in [6, 6.07) is 28.7. The predicted molar refractivity (Wildman–Crippen MR) is 113 cm³/mol. The van der Waals surface area contributed by atoms with E-state index >= 15 is 0 Å². The fraction of sp³-hybridized carbons (Fsp3) is 0.130. The summed E-state index contributed by atoms with van der Waals surface area (Å²) in [5.74, 6) is 0. The van der Waals surface area contributed by atoms with E-state index in [2.05, 4.69) is 54.6 Å². The van der Waals surface area contributed by atoms with Crippen LogP contribution in [-0.4, -0.2) is 5.11 Å². The number of aliphatic hydroxyl groups excluding tert-OH is 1. The van der Waals surface area contributed by atoms with Crippen LogP contribution in [0.5, 0.6) is 0 Å². The minimum atomic E-state index is -0.487. The third-order valence-electron chi connectivity index (χ3n) is 3.98. The molecule has 0 bridgehead atoms. The molecule has 0 fully saturated rings. The van der Waals surface area contributed by atoms with Crippen LogP contribution in [0.4, 0.5) is 0 Å². The molecule has 1 atom stereocenters. The third kappa shape index (κ3) is 5.53. The molecule has 26 heavy (non-hydrogen) atoms. The van der Waals surface area contributed by atoms with Gasteiger partial charge in [-0.15, -0.1) is 0 Å². The number of benzene rings is 3. The highest BCUT2D eigenvalue weighted by Crippen LogP contribution is 2.40. The summed E-state index contributed by atoms with van der Waals surface area (Å²) >= 11 is 3.48. The van der Waals surface area contributed by atoms with E-state index in [4.69, 9.17) is 0 Å². The van der Waals surface area contributed by atoms with Crippen LogP contribution in [0.15, 0.2) is 105 Å². The van der Waals surface area contributed by atoms with E-state index in [1.807, 2.05) is 43.3 Å². The van der Waals surface area contributed by atoms with Gasteiger partial charge in [-0.1, -0.05) is 90.3 Å². The van der Waals surface area contributed by atoms with Gasteiger partial charge in [-0.2, -0.15) is 0 Å². The minimum Gasteiger partial charge on any atom is -0.388 e. The molecule has 3 aromatic rings. The SMILES string of the molecule is Cc1ccccc1[C@H](O)CC=C(Sc1ccccc1)Sc1ccccc1. The molecule has 0 spiro atoms. The number of aryl methyl sites for hydroxylation is 1. The van der Waals surface area contributed by atoms with E-state index in [-0.39, 0.29) is 0 Å². The molecule has 0 radical (unpaired) electrons. The predicted octanol–water partition coefficient (Wildman–Crippen LogP) is 6.84. The summed E-state index contributed by atoms with van der Waals surface area (Å²) in [5.41, 5.74) is 2.12. The first-order chi connectivity index (χ1) is 12.7. The molecule has 0 aliphatic rings. The largest absolute Gasteiger partial charge is 0.388 e. The van der Waals surface area contributed by atoms with Gasteiger partial charge in [0, 0.05) is 14.0 Å². The molecule has 0 heterocycles. The Balaban J connectivity index is 1.77. The summed E-state index contributed by atoms with van der Waals surface area (Å²) in [6.45, 7) is 2.04. The van der Waals surface area contributed by atoms with E-state index in [1.165, 1.54) is 14.0 Å². The van der Waals surface area contributed by atoms with Crippen molar-refractivity contribution in [3.8, 4) is 0 Å². The van der Waals surface area contributed by atoms with E-state index in [1.54, 1.807) is 23.5 Å². The Bertz CT molecular complexity index is 801. The van der Waals surface area contributed by atoms with Gasteiger partial charge in [0.25, 0.3) is 0 Å². The minimum absolute atomic E-state index is 0.487. The first kappa shape index (κ1) is 18.8. The number of hydrogen-bond donors (Lipinski definition) is 1. The summed E-state index contributed by atoms with van der Waals surface area (Å²) in [4.78, 5) is 2.40. The molecule has 3 heteroatoms. The standard InChI is InChI=1S/C23H22OS2/c1-18-10-8-9-15-21(18)22(24)16-17-23(25-19-11-4-2-5-12-19)26-20-13-6-3-7-14-20/h2-15,17,22,24H,16H2,1H3/t22-/m1/s1. The topological polar surface area (TPSA) is 20.2 Å². The molecule has 1 nitrogen and oxygen atoms in total. The van der Waals surface area contributed by atoms with Gasteiger partial charge < -0.3 is 5.11 Å². The van der Waals surface area contributed by atoms with Gasteiger partial charge in [0.05, 0.1) is 6.10 Å². The van der Waals surface area contributed by atoms with Gasteiger partial charge in [-0.05, 0) is 48.7 Å². The second-order valence-corrected chi connectivity index (χ2v) is 8.45. The van der Waals surface area contributed by atoms with Crippen molar-refractivity contribution in [2.45, 2.75) is 29.2 Å². The van der Waals surface area contributed by atoms with E-state index in [0.29, 0.717) is 6.42 Å². The Morgan fingerprint density at radius 1 is 0.808 bits per heavy atom. The van der Waals surface area contributed by atoms with Crippen LogP contribution < -0.4 is 0 Å². The van der Waals surface area contributed by atoms with Crippen LogP contribution in [0.1, 0.15) is 23.7 Å². The summed E-state index contributed by atoms with van der Waals surface area (Å²) in [6.07, 6.45) is 2.26. The van der Waals surface area contributed by atoms with Gasteiger partial charge in [-0.3, -0.25) is 0 Å². The first-order valence-corrected chi connectivity index (χ1v) is 10.3. The lowest BCUT2D eigenvalue weighted by Crippen LogP contribution is -1.98. The fourth-order valence-electron chi connectivity index (χ4n) is 2.61. The zero-order valence-electron chi connectivity index (χ0n) is 14.7. The monoisotopic (exact) mass is 378 g/mol. The highest BCUT2D eigenvalue weighted by atomic mass is 32.2. The van der Waals surface area contributed by atoms with Crippen molar-refractivity contribution in [3.63, 3.8) is 0 Å². The maximum absolute atomic E-state index is 10.6. The molecule has 0 saturated carbocycles. The Hall–Kier alpha value is -1.94. The van der Waals surface area contributed by atoms with Gasteiger partial charge in [0.15, 0.2) is 0 Å². The van der Waals surface area contributed by atoms with Gasteiger partial charge in [0.1, 0.15) is 0 Å². The molecule has 0 unspecified atom stereocenters. The maximum atomic E-state index is 10.6. The molecule has 0 aliphatic heterocycles. The van der Waals surface area contributed by atoms with Gasteiger partial charge >= 0.3 is 0 Å². The number of rotatable bonds is 7. The van der Waals surface area contributed by atoms with Crippen LogP contribution in [0.3, 0.4) is 0 Å². The first-order valence-electron chi connectivity index (χ1n) is 8.62. The maximum Gasteiger partial charge on any atom is 0.0827 e. The molecule has 0 amide bonds. The highest BCUT2D eigenvalue weighted by Gasteiger charge is 2.10. The van der Waals surface area contributed by atoms with Crippen LogP contribution in [-0.2, 0) is 0 Å². The zero-order chi connectivity index (χ0) is 18.2. The quantitative estimate of drug-likeness (QED) is 0.454. The van der Waals surface area contributed by atoms with E-state index in [9.17, 15) is 5.11 Å². The zero-order valence-corrected chi connectivity index (χ0v) is 16.3. The van der Waals surface area contributed by atoms with Crippen molar-refractivity contribution in [1.29, 1.82) is 0 Å². The molecule has 1 N–H and O–H groups in total. The second-order valence-electron chi connectivity index (χ2n) is 5.96. The van der Waals surface area contributed by atoms with Crippen molar-refractivity contribution >= 4 is 23.5 Å². The lowest BCUT2D eigenvalue weighted by atomic mass is 10.0. The number of aliphatic hydroxyl groups is 1. The van der Waals surface area contributed by atoms with Crippen molar-refractivity contribution < 1.29 is 5.11 Å². The molecule has 132 valence electrons. The van der Waals surface area contributed by atoms with Gasteiger partial charge in [0.2, 0.25) is 0 Å².